The molecule has 2 nitrogen and oxygen atoms in total. The molecule has 184 valence electrons. The molecule has 0 bridgehead atoms. The van der Waals surface area contributed by atoms with E-state index >= 15 is 0 Å². The van der Waals surface area contributed by atoms with Gasteiger partial charge in [-0.2, -0.15) is 0 Å². The van der Waals surface area contributed by atoms with Gasteiger partial charge in [0.25, 0.3) is 0 Å². The molecule has 0 spiro atoms. The Bertz CT molecular complexity index is 509. The van der Waals surface area contributed by atoms with Gasteiger partial charge in [-0.1, -0.05) is 129 Å². The first-order valence-electron chi connectivity index (χ1n) is 14.2. The fraction of sp³-hybridized carbons (Fsp3) is 0.800. The average Bonchev–Trinajstić information content (AvgIpc) is 2.78. The maximum Gasteiger partial charge on any atom is 0.185 e. The summed E-state index contributed by atoms with van der Waals surface area (Å²) in [7, 11) is 0. The van der Waals surface area contributed by atoms with E-state index in [0.29, 0.717) is 0 Å². The summed E-state index contributed by atoms with van der Waals surface area (Å²) in [6.07, 6.45) is 30.6. The van der Waals surface area contributed by atoms with Crippen LogP contribution in [0.2, 0.25) is 0 Å². The number of hydrogen-bond acceptors (Lipinski definition) is 2. The lowest BCUT2D eigenvalue weighted by Gasteiger charge is -2.14. The van der Waals surface area contributed by atoms with Gasteiger partial charge in [0.1, 0.15) is 0 Å². The van der Waals surface area contributed by atoms with Crippen LogP contribution in [0.4, 0.5) is 0 Å². The Morgan fingerprint density at radius 1 is 0.438 bits per heavy atom. The van der Waals surface area contributed by atoms with E-state index in [1.54, 1.807) is 12.2 Å². The quantitative estimate of drug-likeness (QED) is 0.123. The van der Waals surface area contributed by atoms with Crippen molar-refractivity contribution in [1.82, 2.24) is 0 Å². The molecule has 2 heteroatoms. The minimum Gasteiger partial charge on any atom is -0.290 e. The highest BCUT2D eigenvalue weighted by Crippen LogP contribution is 2.23. The summed E-state index contributed by atoms with van der Waals surface area (Å²) in [5.74, 6) is 0.171. The molecule has 0 amide bonds. The van der Waals surface area contributed by atoms with Gasteiger partial charge < -0.3 is 0 Å². The highest BCUT2D eigenvalue weighted by atomic mass is 16.1. The van der Waals surface area contributed by atoms with Crippen molar-refractivity contribution in [3.8, 4) is 0 Å². The van der Waals surface area contributed by atoms with E-state index in [1.165, 1.54) is 116 Å². The number of ketones is 2. The third-order valence-corrected chi connectivity index (χ3v) is 6.82. The van der Waals surface area contributed by atoms with Crippen molar-refractivity contribution >= 4 is 11.6 Å². The number of hydrogen-bond donors (Lipinski definition) is 0. The minimum atomic E-state index is 0.0220. The lowest BCUT2D eigenvalue weighted by atomic mass is 9.89. The van der Waals surface area contributed by atoms with Gasteiger partial charge in [-0.25, -0.2) is 0 Å². The van der Waals surface area contributed by atoms with Gasteiger partial charge in [-0.05, 0) is 37.8 Å². The van der Waals surface area contributed by atoms with Crippen molar-refractivity contribution in [2.75, 3.05) is 0 Å². The molecule has 1 aliphatic rings. The third kappa shape index (κ3) is 14.8. The van der Waals surface area contributed by atoms with E-state index in [9.17, 15) is 9.59 Å². The molecule has 0 heterocycles. The van der Waals surface area contributed by atoms with Crippen molar-refractivity contribution < 1.29 is 9.59 Å². The Hall–Kier alpha value is -1.18. The van der Waals surface area contributed by atoms with E-state index in [1.807, 2.05) is 0 Å². The van der Waals surface area contributed by atoms with Crippen molar-refractivity contribution in [1.29, 1.82) is 0 Å². The first-order valence-corrected chi connectivity index (χ1v) is 14.2. The molecule has 0 aromatic carbocycles. The molecule has 0 saturated heterocycles. The first-order chi connectivity index (χ1) is 15.7. The Kier molecular flexibility index (Phi) is 18.4. The average molecular weight is 445 g/mol. The first kappa shape index (κ1) is 28.9. The largest absolute Gasteiger partial charge is 0.290 e. The van der Waals surface area contributed by atoms with E-state index in [0.717, 1.165) is 36.8 Å². The number of Topliss-reactive ketones (excluding diaryl/α,β-unsaturated/α-hetero) is 1. The van der Waals surface area contributed by atoms with Crippen molar-refractivity contribution in [3.05, 3.63) is 23.3 Å². The Balaban J connectivity index is 2.09. The molecule has 1 aliphatic carbocycles. The SMILES string of the molecule is CCCCCCCCCCCCC1=CC(=O)C=C(CCCCCCCCCCCC)C1=O. The van der Waals surface area contributed by atoms with Crippen LogP contribution in [0.25, 0.3) is 0 Å². The predicted molar refractivity (Wildman–Crippen MR) is 139 cm³/mol. The van der Waals surface area contributed by atoms with Gasteiger partial charge in [-0.3, -0.25) is 9.59 Å². The van der Waals surface area contributed by atoms with Gasteiger partial charge in [0.2, 0.25) is 0 Å². The van der Waals surface area contributed by atoms with Crippen LogP contribution in [0.3, 0.4) is 0 Å². The summed E-state index contributed by atoms with van der Waals surface area (Å²) in [6.45, 7) is 4.52. The summed E-state index contributed by atoms with van der Waals surface area (Å²) < 4.78 is 0. The fourth-order valence-corrected chi connectivity index (χ4v) is 4.70. The molecular formula is C30H52O2. The Labute approximate surface area is 199 Å². The molecule has 0 aromatic rings. The number of allylic oxidation sites excluding steroid dienone is 4. The molecule has 0 N–H and O–H groups in total. The lowest BCUT2D eigenvalue weighted by Crippen LogP contribution is -2.14. The second kappa shape index (κ2) is 20.4. The van der Waals surface area contributed by atoms with Gasteiger partial charge in [0, 0.05) is 11.1 Å². The maximum absolute atomic E-state index is 12.8. The van der Waals surface area contributed by atoms with Crippen LogP contribution < -0.4 is 0 Å². The minimum absolute atomic E-state index is 0.0220. The molecule has 0 saturated carbocycles. The number of carbonyl (C=O) groups excluding carboxylic acids is 2. The highest BCUT2D eigenvalue weighted by molar-refractivity contribution is 6.20. The second-order valence-electron chi connectivity index (χ2n) is 9.93. The summed E-state index contributed by atoms with van der Waals surface area (Å²) in [5, 5.41) is 0. The van der Waals surface area contributed by atoms with Crippen LogP contribution in [0, 0.1) is 0 Å². The summed E-state index contributed by atoms with van der Waals surface area (Å²) >= 11 is 0. The van der Waals surface area contributed by atoms with Crippen molar-refractivity contribution in [3.63, 3.8) is 0 Å². The van der Waals surface area contributed by atoms with E-state index < -0.39 is 0 Å². The molecule has 0 fully saturated rings. The number of unbranched alkanes of at least 4 members (excludes halogenated alkanes) is 18. The van der Waals surface area contributed by atoms with Crippen LogP contribution in [-0.4, -0.2) is 11.6 Å². The van der Waals surface area contributed by atoms with E-state index in [2.05, 4.69) is 13.8 Å². The van der Waals surface area contributed by atoms with E-state index in [-0.39, 0.29) is 11.6 Å². The number of carbonyl (C=O) groups is 2. The van der Waals surface area contributed by atoms with Gasteiger partial charge in [-0.15, -0.1) is 0 Å². The van der Waals surface area contributed by atoms with Crippen LogP contribution in [0.1, 0.15) is 155 Å². The van der Waals surface area contributed by atoms with Gasteiger partial charge >= 0.3 is 0 Å². The monoisotopic (exact) mass is 444 g/mol. The molecule has 32 heavy (non-hydrogen) atoms. The van der Waals surface area contributed by atoms with Gasteiger partial charge in [0.15, 0.2) is 11.6 Å². The molecule has 0 atom stereocenters. The smallest absolute Gasteiger partial charge is 0.185 e. The molecule has 0 unspecified atom stereocenters. The normalized spacial score (nSPS) is 14.1. The lowest BCUT2D eigenvalue weighted by molar-refractivity contribution is -0.115. The van der Waals surface area contributed by atoms with Gasteiger partial charge in [0.05, 0.1) is 0 Å². The second-order valence-corrected chi connectivity index (χ2v) is 9.93. The van der Waals surface area contributed by atoms with Crippen LogP contribution >= 0.6 is 0 Å². The summed E-state index contributed by atoms with van der Waals surface area (Å²) in [6, 6.07) is 0. The Morgan fingerprint density at radius 3 is 1.03 bits per heavy atom. The van der Waals surface area contributed by atoms with E-state index in [4.69, 9.17) is 0 Å². The zero-order chi connectivity index (χ0) is 23.3. The zero-order valence-corrected chi connectivity index (χ0v) is 21.5. The predicted octanol–water partition coefficient (Wildman–Crippen LogP) is 9.61. The summed E-state index contributed by atoms with van der Waals surface area (Å²) in [4.78, 5) is 24.9. The molecular weight excluding hydrogens is 392 g/mol. The Morgan fingerprint density at radius 2 is 0.719 bits per heavy atom. The maximum atomic E-state index is 12.8. The van der Waals surface area contributed by atoms with Crippen LogP contribution in [0.15, 0.2) is 23.3 Å². The van der Waals surface area contributed by atoms with Crippen molar-refractivity contribution in [2.45, 2.75) is 155 Å². The molecule has 0 aromatic heterocycles. The summed E-state index contributed by atoms with van der Waals surface area (Å²) in [5.41, 5.74) is 1.53. The zero-order valence-electron chi connectivity index (χ0n) is 21.5. The van der Waals surface area contributed by atoms with Crippen LogP contribution in [0.5, 0.6) is 0 Å². The molecule has 1 rings (SSSR count). The fourth-order valence-electron chi connectivity index (χ4n) is 4.70. The number of rotatable bonds is 22. The van der Waals surface area contributed by atoms with Crippen molar-refractivity contribution in [2.24, 2.45) is 0 Å². The van der Waals surface area contributed by atoms with Crippen LogP contribution in [-0.2, 0) is 9.59 Å². The standard InChI is InChI=1S/C30H52O2/c1-3-5-7-9-11-13-15-17-19-21-23-27-25-29(31)26-28(30(27)32)24-22-20-18-16-14-12-10-8-6-4-2/h25-26H,3-24H2,1-2H3. The topological polar surface area (TPSA) is 34.1 Å². The third-order valence-electron chi connectivity index (χ3n) is 6.82. The molecule has 0 radical (unpaired) electrons. The molecule has 0 aliphatic heterocycles. The highest BCUT2D eigenvalue weighted by Gasteiger charge is 2.20.